The highest BCUT2D eigenvalue weighted by molar-refractivity contribution is 5.69. The van der Waals surface area contributed by atoms with E-state index in [0.717, 1.165) is 5.56 Å². The SMILES string of the molecule is CC1CN(C(=O)OCc2ccccc2)C2C(O)COC12. The topological polar surface area (TPSA) is 59.0 Å². The Balaban J connectivity index is 1.62. The Morgan fingerprint density at radius 1 is 1.45 bits per heavy atom. The Morgan fingerprint density at radius 2 is 2.20 bits per heavy atom. The van der Waals surface area contributed by atoms with E-state index in [1.54, 1.807) is 4.90 Å². The number of amides is 1. The van der Waals surface area contributed by atoms with Gasteiger partial charge in [0.05, 0.1) is 18.8 Å². The zero-order chi connectivity index (χ0) is 14.1. The van der Waals surface area contributed by atoms with Crippen LogP contribution in [0.1, 0.15) is 12.5 Å². The van der Waals surface area contributed by atoms with E-state index < -0.39 is 6.10 Å². The molecule has 0 radical (unpaired) electrons. The lowest BCUT2D eigenvalue weighted by atomic mass is 10.0. The molecule has 0 aromatic heterocycles. The normalized spacial score (nSPS) is 32.2. The molecule has 2 aliphatic heterocycles. The lowest BCUT2D eigenvalue weighted by Gasteiger charge is -2.24. The molecule has 4 atom stereocenters. The van der Waals surface area contributed by atoms with Crippen LogP contribution in [-0.2, 0) is 16.1 Å². The van der Waals surface area contributed by atoms with Gasteiger partial charge in [0, 0.05) is 12.5 Å². The molecule has 1 amide bonds. The summed E-state index contributed by atoms with van der Waals surface area (Å²) in [5.41, 5.74) is 0.952. The quantitative estimate of drug-likeness (QED) is 0.888. The van der Waals surface area contributed by atoms with Gasteiger partial charge in [0.2, 0.25) is 0 Å². The Labute approximate surface area is 118 Å². The highest BCUT2D eigenvalue weighted by Crippen LogP contribution is 2.33. The van der Waals surface area contributed by atoms with Crippen LogP contribution in [-0.4, -0.2) is 47.5 Å². The first kappa shape index (κ1) is 13.4. The number of nitrogens with zero attached hydrogens (tertiary/aromatic N) is 1. The van der Waals surface area contributed by atoms with Gasteiger partial charge in [0.1, 0.15) is 12.7 Å². The first-order valence-corrected chi connectivity index (χ1v) is 6.94. The molecular weight excluding hydrogens is 258 g/mol. The summed E-state index contributed by atoms with van der Waals surface area (Å²) in [5, 5.41) is 9.95. The monoisotopic (exact) mass is 277 g/mol. The number of rotatable bonds is 2. The van der Waals surface area contributed by atoms with Crippen molar-refractivity contribution in [2.75, 3.05) is 13.2 Å². The maximum Gasteiger partial charge on any atom is 0.410 e. The van der Waals surface area contributed by atoms with Crippen LogP contribution >= 0.6 is 0 Å². The second-order valence-corrected chi connectivity index (χ2v) is 5.53. The Hall–Kier alpha value is -1.59. The minimum absolute atomic E-state index is 0.0747. The third-order valence-electron chi connectivity index (χ3n) is 4.04. The van der Waals surface area contributed by atoms with Gasteiger partial charge in [-0.25, -0.2) is 4.79 Å². The molecule has 1 aromatic carbocycles. The number of aliphatic hydroxyl groups excluding tert-OH is 1. The molecule has 5 nitrogen and oxygen atoms in total. The van der Waals surface area contributed by atoms with Crippen molar-refractivity contribution in [2.45, 2.75) is 31.8 Å². The molecule has 0 saturated carbocycles. The molecule has 0 spiro atoms. The van der Waals surface area contributed by atoms with Gasteiger partial charge in [-0.3, -0.25) is 4.90 Å². The number of carbonyl (C=O) groups is 1. The molecule has 0 aliphatic carbocycles. The molecule has 108 valence electrons. The summed E-state index contributed by atoms with van der Waals surface area (Å²) in [7, 11) is 0. The minimum Gasteiger partial charge on any atom is -0.445 e. The third kappa shape index (κ3) is 2.39. The van der Waals surface area contributed by atoms with Crippen LogP contribution < -0.4 is 0 Å². The number of ether oxygens (including phenoxy) is 2. The second kappa shape index (κ2) is 5.42. The maximum atomic E-state index is 12.2. The Morgan fingerprint density at radius 3 is 2.95 bits per heavy atom. The molecular formula is C15H19NO4. The standard InChI is InChI=1S/C15H19NO4/c1-10-7-16(13-12(17)9-19-14(10)13)15(18)20-8-11-5-3-2-4-6-11/h2-6,10,12-14,17H,7-9H2,1H3. The van der Waals surface area contributed by atoms with Crippen LogP contribution in [0.25, 0.3) is 0 Å². The van der Waals surface area contributed by atoms with Crippen molar-refractivity contribution in [2.24, 2.45) is 5.92 Å². The van der Waals surface area contributed by atoms with Crippen molar-refractivity contribution in [1.82, 2.24) is 4.90 Å². The van der Waals surface area contributed by atoms with Crippen LogP contribution in [0.3, 0.4) is 0 Å². The smallest absolute Gasteiger partial charge is 0.410 e. The fourth-order valence-corrected chi connectivity index (χ4v) is 3.05. The number of carbonyl (C=O) groups excluding carboxylic acids is 1. The number of benzene rings is 1. The van der Waals surface area contributed by atoms with Crippen molar-refractivity contribution in [3.8, 4) is 0 Å². The highest BCUT2D eigenvalue weighted by Gasteiger charge is 2.51. The van der Waals surface area contributed by atoms with E-state index in [1.807, 2.05) is 37.3 Å². The molecule has 1 N–H and O–H groups in total. The fraction of sp³-hybridized carbons (Fsp3) is 0.533. The van der Waals surface area contributed by atoms with Gasteiger partial charge in [0.25, 0.3) is 0 Å². The zero-order valence-electron chi connectivity index (χ0n) is 11.4. The molecule has 3 rings (SSSR count). The van der Waals surface area contributed by atoms with Crippen LogP contribution in [0.15, 0.2) is 30.3 Å². The molecule has 5 heteroatoms. The number of fused-ring (bicyclic) bond motifs is 1. The van der Waals surface area contributed by atoms with Gasteiger partial charge in [-0.15, -0.1) is 0 Å². The molecule has 0 bridgehead atoms. The third-order valence-corrected chi connectivity index (χ3v) is 4.04. The fourth-order valence-electron chi connectivity index (χ4n) is 3.05. The lowest BCUT2D eigenvalue weighted by Crippen LogP contribution is -2.44. The van der Waals surface area contributed by atoms with Gasteiger partial charge >= 0.3 is 6.09 Å². The first-order chi connectivity index (χ1) is 9.66. The van der Waals surface area contributed by atoms with Crippen molar-refractivity contribution in [3.05, 3.63) is 35.9 Å². The highest BCUT2D eigenvalue weighted by atomic mass is 16.6. The van der Waals surface area contributed by atoms with Crippen LogP contribution in [0.4, 0.5) is 4.79 Å². The number of hydrogen-bond donors (Lipinski definition) is 1. The summed E-state index contributed by atoms with van der Waals surface area (Å²) in [4.78, 5) is 13.8. The maximum absolute atomic E-state index is 12.2. The number of hydrogen-bond acceptors (Lipinski definition) is 4. The van der Waals surface area contributed by atoms with Gasteiger partial charge < -0.3 is 14.6 Å². The predicted molar refractivity (Wildman–Crippen MR) is 72.0 cm³/mol. The summed E-state index contributed by atoms with van der Waals surface area (Å²) in [6.07, 6.45) is -1.07. The molecule has 2 aliphatic rings. The van der Waals surface area contributed by atoms with Crippen LogP contribution in [0, 0.1) is 5.92 Å². The summed E-state index contributed by atoms with van der Waals surface area (Å²) >= 11 is 0. The first-order valence-electron chi connectivity index (χ1n) is 6.94. The average Bonchev–Trinajstić information content (AvgIpc) is 3.00. The van der Waals surface area contributed by atoms with Crippen molar-refractivity contribution >= 4 is 6.09 Å². The van der Waals surface area contributed by atoms with Crippen molar-refractivity contribution in [1.29, 1.82) is 0 Å². The van der Waals surface area contributed by atoms with Crippen molar-refractivity contribution in [3.63, 3.8) is 0 Å². The van der Waals surface area contributed by atoms with E-state index in [9.17, 15) is 9.90 Å². The summed E-state index contributed by atoms with van der Waals surface area (Å²) < 4.78 is 10.9. The molecule has 1 aromatic rings. The second-order valence-electron chi connectivity index (χ2n) is 5.53. The van der Waals surface area contributed by atoms with Crippen molar-refractivity contribution < 1.29 is 19.4 Å². The lowest BCUT2D eigenvalue weighted by molar-refractivity contribution is 0.0566. The summed E-state index contributed by atoms with van der Waals surface area (Å²) in [5.74, 6) is 0.224. The molecule has 2 fully saturated rings. The number of aliphatic hydroxyl groups is 1. The summed E-state index contributed by atoms with van der Waals surface area (Å²) in [6, 6.07) is 9.29. The van der Waals surface area contributed by atoms with Crippen LogP contribution in [0.5, 0.6) is 0 Å². The van der Waals surface area contributed by atoms with Gasteiger partial charge in [0.15, 0.2) is 0 Å². The zero-order valence-corrected chi connectivity index (χ0v) is 11.4. The van der Waals surface area contributed by atoms with Gasteiger partial charge in [-0.1, -0.05) is 37.3 Å². The van der Waals surface area contributed by atoms with E-state index in [4.69, 9.17) is 9.47 Å². The van der Waals surface area contributed by atoms with E-state index in [1.165, 1.54) is 0 Å². The largest absolute Gasteiger partial charge is 0.445 e. The van der Waals surface area contributed by atoms with Gasteiger partial charge in [-0.2, -0.15) is 0 Å². The van der Waals surface area contributed by atoms with E-state index >= 15 is 0 Å². The molecule has 20 heavy (non-hydrogen) atoms. The van der Waals surface area contributed by atoms with Crippen LogP contribution in [0.2, 0.25) is 0 Å². The van der Waals surface area contributed by atoms with E-state index in [2.05, 4.69) is 0 Å². The molecule has 2 saturated heterocycles. The van der Waals surface area contributed by atoms with Gasteiger partial charge in [-0.05, 0) is 5.56 Å². The number of likely N-dealkylation sites (tertiary alicyclic amines) is 1. The summed E-state index contributed by atoms with van der Waals surface area (Å²) in [6.45, 7) is 3.14. The average molecular weight is 277 g/mol. The Bertz CT molecular complexity index is 478. The minimum atomic E-state index is -0.616. The predicted octanol–water partition coefficient (Wildman–Crippen LogP) is 1.40. The molecule has 2 heterocycles. The van der Waals surface area contributed by atoms with E-state index in [0.29, 0.717) is 13.2 Å². The Kier molecular flexibility index (Phi) is 3.63. The van der Waals surface area contributed by atoms with E-state index in [-0.39, 0.29) is 30.8 Å². The molecule has 4 unspecified atom stereocenters.